The van der Waals surface area contributed by atoms with Crippen molar-refractivity contribution >= 4 is 11.0 Å². The summed E-state index contributed by atoms with van der Waals surface area (Å²) in [5, 5.41) is 3.55. The second-order valence-electron chi connectivity index (χ2n) is 8.86. The molecule has 0 bridgehead atoms. The van der Waals surface area contributed by atoms with E-state index in [0.29, 0.717) is 36.6 Å². The first-order valence-corrected chi connectivity index (χ1v) is 11.2. The molecule has 0 radical (unpaired) electrons. The molecule has 3 nitrogen and oxygen atoms in total. The molecule has 1 N–H and O–H groups in total. The lowest BCUT2D eigenvalue weighted by molar-refractivity contribution is 0.403. The van der Waals surface area contributed by atoms with E-state index in [1.165, 1.54) is 12.8 Å². The van der Waals surface area contributed by atoms with Gasteiger partial charge in [-0.05, 0) is 54.4 Å². The number of allylic oxidation sites excluding steroid dienone is 5. The molecule has 1 aromatic heterocycles. The highest BCUT2D eigenvalue weighted by Crippen LogP contribution is 2.58. The van der Waals surface area contributed by atoms with Crippen LogP contribution in [0.4, 0.5) is 4.39 Å². The summed E-state index contributed by atoms with van der Waals surface area (Å²) in [7, 11) is 0. The number of benzene rings is 1. The van der Waals surface area contributed by atoms with Crippen molar-refractivity contribution in [2.24, 2.45) is 23.7 Å². The molecule has 2 aromatic rings. The van der Waals surface area contributed by atoms with E-state index < -0.39 is 0 Å². The third-order valence-corrected chi connectivity index (χ3v) is 6.94. The molecule has 2 aliphatic rings. The van der Waals surface area contributed by atoms with Gasteiger partial charge in [0.15, 0.2) is 0 Å². The van der Waals surface area contributed by atoms with Crippen LogP contribution in [0.25, 0.3) is 11.0 Å². The molecular weight excluding hydrogens is 373 g/mol. The molecule has 0 saturated heterocycles. The third-order valence-electron chi connectivity index (χ3n) is 6.94. The van der Waals surface area contributed by atoms with E-state index in [1.54, 1.807) is 12.4 Å². The molecule has 0 amide bonds. The first-order chi connectivity index (χ1) is 14.5. The van der Waals surface area contributed by atoms with Crippen molar-refractivity contribution in [3.05, 3.63) is 71.0 Å². The Morgan fingerprint density at radius 2 is 1.83 bits per heavy atom. The number of hydrogen-bond donors (Lipinski definition) is 1. The van der Waals surface area contributed by atoms with Crippen LogP contribution in [0, 0.1) is 23.7 Å². The highest BCUT2D eigenvalue weighted by Gasteiger charge is 2.53. The molecule has 2 aliphatic carbocycles. The predicted octanol–water partition coefficient (Wildman–Crippen LogP) is 6.50. The third kappa shape index (κ3) is 4.05. The highest BCUT2D eigenvalue weighted by molar-refractivity contribution is 5.74. The van der Waals surface area contributed by atoms with Gasteiger partial charge in [-0.15, -0.1) is 0 Å². The van der Waals surface area contributed by atoms with E-state index in [-0.39, 0.29) is 5.83 Å². The van der Waals surface area contributed by atoms with Gasteiger partial charge in [0.05, 0.1) is 11.0 Å². The minimum Gasteiger partial charge on any atom is -0.381 e. The van der Waals surface area contributed by atoms with Gasteiger partial charge in [0.25, 0.3) is 0 Å². The monoisotopic (exact) mass is 405 g/mol. The largest absolute Gasteiger partial charge is 0.381 e. The van der Waals surface area contributed by atoms with Crippen molar-refractivity contribution in [2.45, 2.75) is 53.5 Å². The van der Waals surface area contributed by atoms with Gasteiger partial charge in [-0.1, -0.05) is 51.3 Å². The minimum atomic E-state index is 0.0367. The molecular formula is C26H32FN3. The Morgan fingerprint density at radius 3 is 2.57 bits per heavy atom. The van der Waals surface area contributed by atoms with Crippen LogP contribution in [0.5, 0.6) is 0 Å². The Hall–Kier alpha value is -2.49. The van der Waals surface area contributed by atoms with Gasteiger partial charge in [-0.25, -0.2) is 4.39 Å². The van der Waals surface area contributed by atoms with Gasteiger partial charge in [0, 0.05) is 36.6 Å². The summed E-state index contributed by atoms with van der Waals surface area (Å²) in [6, 6.07) is 6.11. The molecule has 4 rings (SSSR count). The Bertz CT molecular complexity index is 1020. The zero-order valence-electron chi connectivity index (χ0n) is 18.5. The van der Waals surface area contributed by atoms with Crippen LogP contribution in [0.2, 0.25) is 0 Å². The summed E-state index contributed by atoms with van der Waals surface area (Å²) in [6.45, 7) is 9.46. The first kappa shape index (κ1) is 20.8. The number of fused-ring (bicyclic) bond motifs is 1. The van der Waals surface area contributed by atoms with Crippen molar-refractivity contribution in [1.29, 1.82) is 0 Å². The maximum absolute atomic E-state index is 15.4. The summed E-state index contributed by atoms with van der Waals surface area (Å²) in [5.74, 6) is 2.14. The van der Waals surface area contributed by atoms with E-state index in [0.717, 1.165) is 33.4 Å². The minimum absolute atomic E-state index is 0.0367. The van der Waals surface area contributed by atoms with Crippen molar-refractivity contribution < 1.29 is 4.39 Å². The molecule has 1 aromatic carbocycles. The summed E-state index contributed by atoms with van der Waals surface area (Å²) < 4.78 is 15.4. The zero-order chi connectivity index (χ0) is 21.3. The maximum Gasteiger partial charge on any atom is 0.109 e. The first-order valence-electron chi connectivity index (χ1n) is 11.2. The fourth-order valence-corrected chi connectivity index (χ4v) is 5.20. The second kappa shape index (κ2) is 8.71. The molecule has 4 heteroatoms. The van der Waals surface area contributed by atoms with E-state index in [2.05, 4.69) is 60.3 Å². The Labute approximate surface area is 179 Å². The maximum atomic E-state index is 15.4. The van der Waals surface area contributed by atoms with Gasteiger partial charge in [-0.2, -0.15) is 0 Å². The van der Waals surface area contributed by atoms with E-state index in [1.807, 2.05) is 13.0 Å². The second-order valence-corrected chi connectivity index (χ2v) is 8.86. The van der Waals surface area contributed by atoms with Crippen molar-refractivity contribution in [2.75, 3.05) is 0 Å². The smallest absolute Gasteiger partial charge is 0.109 e. The van der Waals surface area contributed by atoms with E-state index in [4.69, 9.17) is 0 Å². The molecule has 1 fully saturated rings. The average Bonchev–Trinajstić information content (AvgIpc) is 3.42. The van der Waals surface area contributed by atoms with Crippen LogP contribution in [0.1, 0.15) is 52.5 Å². The van der Waals surface area contributed by atoms with Crippen LogP contribution < -0.4 is 5.32 Å². The molecule has 158 valence electrons. The van der Waals surface area contributed by atoms with Crippen LogP contribution in [-0.2, 0) is 6.54 Å². The standard InChI is InChI=1S/C26H32FN3/c1-5-19(6-2)24-17(4)25(24)26-20(27)13-16(3)7-9-22(26)30-15-18-8-10-21-23(14-18)29-12-11-28-21/h7-12,14,17,19,24-25,30H,5-6,13,15H2,1-4H3. The lowest BCUT2D eigenvalue weighted by Crippen LogP contribution is -2.17. The molecule has 1 heterocycles. The number of nitrogens with one attached hydrogen (secondary N) is 1. The van der Waals surface area contributed by atoms with Gasteiger partial charge in [0.1, 0.15) is 5.83 Å². The molecule has 1 saturated carbocycles. The Balaban J connectivity index is 1.58. The van der Waals surface area contributed by atoms with Crippen molar-refractivity contribution in [3.63, 3.8) is 0 Å². The molecule has 0 aliphatic heterocycles. The fraction of sp³-hybridized carbons (Fsp3) is 0.462. The molecule has 3 unspecified atom stereocenters. The molecule has 0 spiro atoms. The van der Waals surface area contributed by atoms with Gasteiger partial charge >= 0.3 is 0 Å². The molecule has 3 atom stereocenters. The van der Waals surface area contributed by atoms with Gasteiger partial charge < -0.3 is 5.32 Å². The summed E-state index contributed by atoms with van der Waals surface area (Å²) in [5.41, 5.74) is 5.81. The van der Waals surface area contributed by atoms with Crippen LogP contribution in [0.3, 0.4) is 0 Å². The lowest BCUT2D eigenvalue weighted by Gasteiger charge is -2.18. The van der Waals surface area contributed by atoms with E-state index >= 15 is 4.39 Å². The quantitative estimate of drug-likeness (QED) is 0.572. The zero-order valence-corrected chi connectivity index (χ0v) is 18.5. The number of hydrogen-bond acceptors (Lipinski definition) is 3. The number of rotatable bonds is 7. The SMILES string of the molecule is CCC(CC)C1C(C)C1C1=C(F)CC(C)=CC=C1NCc1ccc2nccnc2c1. The number of nitrogens with zero attached hydrogens (tertiary/aromatic N) is 2. The topological polar surface area (TPSA) is 37.8 Å². The van der Waals surface area contributed by atoms with Crippen LogP contribution in [-0.4, -0.2) is 9.97 Å². The summed E-state index contributed by atoms with van der Waals surface area (Å²) in [6.07, 6.45) is 10.3. The van der Waals surface area contributed by atoms with Crippen LogP contribution in [0.15, 0.2) is 65.4 Å². The normalized spacial score (nSPS) is 24.0. The van der Waals surface area contributed by atoms with Crippen molar-refractivity contribution in [1.82, 2.24) is 15.3 Å². The van der Waals surface area contributed by atoms with Gasteiger partial charge in [-0.3, -0.25) is 9.97 Å². The average molecular weight is 406 g/mol. The molecule has 30 heavy (non-hydrogen) atoms. The summed E-state index contributed by atoms with van der Waals surface area (Å²) >= 11 is 0. The lowest BCUT2D eigenvalue weighted by atomic mass is 9.93. The van der Waals surface area contributed by atoms with E-state index in [9.17, 15) is 0 Å². The van der Waals surface area contributed by atoms with Crippen LogP contribution >= 0.6 is 0 Å². The summed E-state index contributed by atoms with van der Waals surface area (Å²) in [4.78, 5) is 8.74. The fourth-order valence-electron chi connectivity index (χ4n) is 5.20. The Kier molecular flexibility index (Phi) is 6.03. The van der Waals surface area contributed by atoms with Gasteiger partial charge in [0.2, 0.25) is 0 Å². The number of aromatic nitrogens is 2. The predicted molar refractivity (Wildman–Crippen MR) is 121 cm³/mol. The number of halogens is 1. The van der Waals surface area contributed by atoms with Crippen molar-refractivity contribution in [3.8, 4) is 0 Å². The highest BCUT2D eigenvalue weighted by atomic mass is 19.1. The Morgan fingerprint density at radius 1 is 1.10 bits per heavy atom.